The third-order valence-electron chi connectivity index (χ3n) is 5.78. The molecular formula is C24H27N3O2. The lowest BCUT2D eigenvalue weighted by Gasteiger charge is -2.33. The second kappa shape index (κ2) is 8.15. The summed E-state index contributed by atoms with van der Waals surface area (Å²) in [6, 6.07) is 24.5. The number of nitrogen functional groups attached to an aromatic ring is 2. The zero-order valence-electron chi connectivity index (χ0n) is 16.3. The summed E-state index contributed by atoms with van der Waals surface area (Å²) in [4.78, 5) is 2.44. The highest BCUT2D eigenvalue weighted by atomic mass is 16.3. The Morgan fingerprint density at radius 2 is 1.21 bits per heavy atom. The van der Waals surface area contributed by atoms with Crippen LogP contribution in [-0.4, -0.2) is 16.8 Å². The maximum absolute atomic E-state index is 9.91. The Morgan fingerprint density at radius 3 is 1.62 bits per heavy atom. The van der Waals surface area contributed by atoms with Crippen LogP contribution in [0.25, 0.3) is 0 Å². The summed E-state index contributed by atoms with van der Waals surface area (Å²) in [5.41, 5.74) is 17.6. The van der Waals surface area contributed by atoms with Gasteiger partial charge in [-0.2, -0.15) is 0 Å². The molecule has 5 nitrogen and oxygen atoms in total. The van der Waals surface area contributed by atoms with Crippen molar-refractivity contribution >= 4 is 17.1 Å². The number of anilines is 3. The quantitative estimate of drug-likeness (QED) is 0.496. The summed E-state index contributed by atoms with van der Waals surface area (Å²) in [5.74, 6) is 0. The number of rotatable bonds is 5. The van der Waals surface area contributed by atoms with Crippen LogP contribution in [0.3, 0.4) is 0 Å². The minimum absolute atomic E-state index is 0.228. The first-order valence-electron chi connectivity index (χ1n) is 9.95. The van der Waals surface area contributed by atoms with E-state index in [0.29, 0.717) is 5.56 Å². The topological polar surface area (TPSA) is 95.7 Å². The summed E-state index contributed by atoms with van der Waals surface area (Å²) < 4.78 is 0. The molecule has 150 valence electrons. The molecule has 3 aromatic carbocycles. The van der Waals surface area contributed by atoms with Gasteiger partial charge < -0.3 is 26.6 Å². The second-order valence-electron chi connectivity index (χ2n) is 7.64. The van der Waals surface area contributed by atoms with E-state index >= 15 is 0 Å². The van der Waals surface area contributed by atoms with Gasteiger partial charge in [-0.15, -0.1) is 0 Å². The number of aliphatic hydroxyl groups is 2. The molecule has 29 heavy (non-hydrogen) atoms. The lowest BCUT2D eigenvalue weighted by molar-refractivity contribution is 0.0956. The number of aliphatic hydroxyl groups excluding tert-OH is 2. The van der Waals surface area contributed by atoms with Crippen LogP contribution in [-0.2, 0) is 0 Å². The molecule has 3 atom stereocenters. The first-order valence-corrected chi connectivity index (χ1v) is 9.95. The highest BCUT2D eigenvalue weighted by Gasteiger charge is 2.35. The molecular weight excluding hydrogens is 362 g/mol. The van der Waals surface area contributed by atoms with E-state index in [4.69, 9.17) is 11.5 Å². The first kappa shape index (κ1) is 19.3. The van der Waals surface area contributed by atoms with E-state index in [2.05, 4.69) is 29.2 Å². The van der Waals surface area contributed by atoms with Gasteiger partial charge in [0.1, 0.15) is 6.10 Å². The van der Waals surface area contributed by atoms with Crippen LogP contribution < -0.4 is 16.4 Å². The normalized spacial score (nSPS) is 20.0. The second-order valence-corrected chi connectivity index (χ2v) is 7.64. The molecule has 1 unspecified atom stereocenters. The van der Waals surface area contributed by atoms with Crippen LogP contribution in [0.2, 0.25) is 0 Å². The summed E-state index contributed by atoms with van der Waals surface area (Å²) in [6.07, 6.45) is 1.20. The van der Waals surface area contributed by atoms with E-state index in [1.54, 1.807) is 0 Å². The van der Waals surface area contributed by atoms with Crippen LogP contribution in [0.5, 0.6) is 0 Å². The summed E-state index contributed by atoms with van der Waals surface area (Å²) in [6.45, 7) is -0.287. The Morgan fingerprint density at radius 1 is 0.759 bits per heavy atom. The minimum Gasteiger partial charge on any atom is -0.399 e. The van der Waals surface area contributed by atoms with Crippen molar-refractivity contribution in [3.63, 3.8) is 0 Å². The molecule has 1 heterocycles. The predicted molar refractivity (Wildman–Crippen MR) is 117 cm³/mol. The summed E-state index contributed by atoms with van der Waals surface area (Å²) in [7, 11) is 0. The molecule has 6 N–H and O–H groups in total. The van der Waals surface area contributed by atoms with Gasteiger partial charge in [-0.1, -0.05) is 36.4 Å². The van der Waals surface area contributed by atoms with Gasteiger partial charge in [0, 0.05) is 17.1 Å². The number of hydrogen-bond donors (Lipinski definition) is 4. The Kier molecular flexibility index (Phi) is 5.43. The molecule has 0 aliphatic carbocycles. The van der Waals surface area contributed by atoms with E-state index in [1.807, 2.05) is 48.5 Å². The van der Waals surface area contributed by atoms with Crippen LogP contribution >= 0.6 is 0 Å². The van der Waals surface area contributed by atoms with Crippen LogP contribution in [0.4, 0.5) is 17.1 Å². The van der Waals surface area contributed by atoms with Crippen molar-refractivity contribution in [1.82, 2.24) is 0 Å². The molecule has 1 aliphatic heterocycles. The maximum Gasteiger partial charge on any atom is 0.102 e. The third kappa shape index (κ3) is 3.92. The van der Waals surface area contributed by atoms with Crippen molar-refractivity contribution < 1.29 is 10.2 Å². The smallest absolute Gasteiger partial charge is 0.102 e. The van der Waals surface area contributed by atoms with Crippen molar-refractivity contribution in [2.24, 2.45) is 0 Å². The molecule has 1 aliphatic rings. The maximum atomic E-state index is 9.91. The predicted octanol–water partition coefficient (Wildman–Crippen LogP) is 3.96. The van der Waals surface area contributed by atoms with Crippen molar-refractivity contribution in [2.75, 3.05) is 23.0 Å². The van der Waals surface area contributed by atoms with E-state index in [0.717, 1.165) is 29.9 Å². The lowest BCUT2D eigenvalue weighted by Crippen LogP contribution is -2.26. The fourth-order valence-corrected chi connectivity index (χ4v) is 4.24. The number of benzene rings is 3. The van der Waals surface area contributed by atoms with Gasteiger partial charge in [0.05, 0.1) is 18.7 Å². The molecule has 0 amide bonds. The highest BCUT2D eigenvalue weighted by Crippen LogP contribution is 2.47. The lowest BCUT2D eigenvalue weighted by atomic mass is 10.0. The van der Waals surface area contributed by atoms with Gasteiger partial charge in [-0.05, 0) is 65.9 Å². The van der Waals surface area contributed by atoms with Crippen molar-refractivity contribution in [3.05, 3.63) is 89.5 Å². The average molecular weight is 389 g/mol. The monoisotopic (exact) mass is 389 g/mol. The molecule has 3 aromatic rings. The van der Waals surface area contributed by atoms with Crippen molar-refractivity contribution in [2.45, 2.75) is 31.0 Å². The molecule has 0 aromatic heterocycles. The molecule has 1 fully saturated rings. The average Bonchev–Trinajstić information content (AvgIpc) is 3.19. The van der Waals surface area contributed by atoms with E-state index in [-0.39, 0.29) is 18.7 Å². The molecule has 1 saturated heterocycles. The van der Waals surface area contributed by atoms with Crippen LogP contribution in [0, 0.1) is 0 Å². The Bertz CT molecular complexity index is 886. The van der Waals surface area contributed by atoms with Crippen molar-refractivity contribution in [3.8, 4) is 0 Å². The van der Waals surface area contributed by atoms with Gasteiger partial charge in [0.15, 0.2) is 0 Å². The SMILES string of the molecule is Nc1ccc([C@@H]2CC[C@@H](c3ccc(N)cc3)N2c2ccc(C(O)CO)cc2)cc1. The van der Waals surface area contributed by atoms with E-state index in [1.165, 1.54) is 11.1 Å². The van der Waals surface area contributed by atoms with Gasteiger partial charge >= 0.3 is 0 Å². The number of hydrogen-bond acceptors (Lipinski definition) is 5. The van der Waals surface area contributed by atoms with E-state index < -0.39 is 6.10 Å². The molecule has 5 heteroatoms. The van der Waals surface area contributed by atoms with Crippen LogP contribution in [0.1, 0.15) is 47.7 Å². The van der Waals surface area contributed by atoms with Gasteiger partial charge in [-0.3, -0.25) is 0 Å². The Balaban J connectivity index is 1.72. The zero-order valence-corrected chi connectivity index (χ0v) is 16.3. The number of nitrogens with two attached hydrogens (primary N) is 2. The zero-order chi connectivity index (χ0) is 20.4. The third-order valence-corrected chi connectivity index (χ3v) is 5.78. The van der Waals surface area contributed by atoms with Gasteiger partial charge in [-0.25, -0.2) is 0 Å². The highest BCUT2D eigenvalue weighted by molar-refractivity contribution is 5.55. The Labute approximate surface area is 171 Å². The molecule has 0 radical (unpaired) electrons. The van der Waals surface area contributed by atoms with Crippen molar-refractivity contribution in [1.29, 1.82) is 0 Å². The molecule has 0 spiro atoms. The largest absolute Gasteiger partial charge is 0.399 e. The van der Waals surface area contributed by atoms with Gasteiger partial charge in [0.2, 0.25) is 0 Å². The van der Waals surface area contributed by atoms with Crippen LogP contribution in [0.15, 0.2) is 72.8 Å². The fraction of sp³-hybridized carbons (Fsp3) is 0.250. The number of nitrogens with zero attached hydrogens (tertiary/aromatic N) is 1. The van der Waals surface area contributed by atoms with E-state index in [9.17, 15) is 10.2 Å². The van der Waals surface area contributed by atoms with Gasteiger partial charge in [0.25, 0.3) is 0 Å². The standard InChI is InChI=1S/C24H27N3O2/c25-19-7-1-16(2-8-19)22-13-14-23(17-3-9-20(26)10-4-17)27(22)21-11-5-18(6-12-21)24(29)15-28/h1-12,22-24,28-29H,13-15,25-26H2/t22-,23-,24?/m0/s1. The molecule has 0 saturated carbocycles. The fourth-order valence-electron chi connectivity index (χ4n) is 4.24. The minimum atomic E-state index is -0.858. The molecule has 4 rings (SSSR count). The molecule has 0 bridgehead atoms. The Hall–Kier alpha value is -3.02. The summed E-state index contributed by atoms with van der Waals surface area (Å²) >= 11 is 0. The first-order chi connectivity index (χ1) is 14.1. The summed E-state index contributed by atoms with van der Waals surface area (Å²) in [5, 5.41) is 19.1.